The fraction of sp³-hybridized carbons (Fsp3) is 0.500. The van der Waals surface area contributed by atoms with Crippen molar-refractivity contribution in [3.8, 4) is 0 Å². The van der Waals surface area contributed by atoms with Crippen LogP contribution in [0.1, 0.15) is 6.92 Å². The molecule has 0 aromatic heterocycles. The molecule has 1 unspecified atom stereocenters. The minimum absolute atomic E-state index is 0.221. The van der Waals surface area contributed by atoms with E-state index in [4.69, 9.17) is 4.74 Å². The van der Waals surface area contributed by atoms with Crippen LogP contribution < -0.4 is 5.32 Å². The number of alkyl halides is 3. The number of hydrogen-bond acceptors (Lipinski definition) is 4. The quantitative estimate of drug-likeness (QED) is 0.877. The molecule has 0 heterocycles. The summed E-state index contributed by atoms with van der Waals surface area (Å²) >= 11 is 0. The number of nitrogens with one attached hydrogen (secondary N) is 1. The van der Waals surface area contributed by atoms with E-state index in [2.05, 4.69) is 5.32 Å². The fourth-order valence-electron chi connectivity index (χ4n) is 1.52. The molecule has 0 amide bonds. The number of rotatable bonds is 6. The topological polar surface area (TPSA) is 55.4 Å². The van der Waals surface area contributed by atoms with Crippen LogP contribution in [-0.2, 0) is 14.6 Å². The van der Waals surface area contributed by atoms with Crippen molar-refractivity contribution in [2.75, 3.05) is 25.6 Å². The van der Waals surface area contributed by atoms with Gasteiger partial charge in [-0.1, -0.05) is 6.92 Å². The molecule has 0 radical (unpaired) electrons. The predicted octanol–water partition coefficient (Wildman–Crippen LogP) is 2.67. The van der Waals surface area contributed by atoms with Crippen LogP contribution in [-0.4, -0.2) is 34.2 Å². The Morgan fingerprint density at radius 3 is 2.25 bits per heavy atom. The molecule has 0 aliphatic heterocycles. The van der Waals surface area contributed by atoms with Crippen LogP contribution in [0.15, 0.2) is 29.2 Å². The molecular weight excluding hydrogens is 295 g/mol. The number of hydrogen-bond donors (Lipinski definition) is 1. The van der Waals surface area contributed by atoms with Gasteiger partial charge in [0.05, 0.1) is 11.5 Å². The zero-order valence-corrected chi connectivity index (χ0v) is 11.9. The largest absolute Gasteiger partial charge is 0.501 e. The first-order valence-electron chi connectivity index (χ1n) is 5.82. The number of methoxy groups -OCH3 is 1. The van der Waals surface area contributed by atoms with Crippen molar-refractivity contribution >= 4 is 15.5 Å². The average molecular weight is 311 g/mol. The van der Waals surface area contributed by atoms with Crippen molar-refractivity contribution in [2.24, 2.45) is 5.92 Å². The summed E-state index contributed by atoms with van der Waals surface area (Å²) in [6.45, 7) is 3.06. The Labute approximate surface area is 115 Å². The van der Waals surface area contributed by atoms with Crippen molar-refractivity contribution in [1.29, 1.82) is 0 Å². The van der Waals surface area contributed by atoms with E-state index in [1.165, 1.54) is 12.1 Å². The summed E-state index contributed by atoms with van der Waals surface area (Å²) in [4.78, 5) is -0.763. The highest BCUT2D eigenvalue weighted by molar-refractivity contribution is 7.92. The normalized spacial score (nSPS) is 14.1. The molecule has 1 N–H and O–H groups in total. The van der Waals surface area contributed by atoms with Gasteiger partial charge in [0.25, 0.3) is 9.84 Å². The van der Waals surface area contributed by atoms with Crippen molar-refractivity contribution in [2.45, 2.75) is 17.3 Å². The Hall–Kier alpha value is -1.28. The molecule has 1 aromatic carbocycles. The molecule has 0 aliphatic carbocycles. The molecule has 1 aromatic rings. The Balaban J connectivity index is 2.75. The maximum absolute atomic E-state index is 12.3. The third-order valence-corrected chi connectivity index (χ3v) is 4.08. The van der Waals surface area contributed by atoms with Gasteiger partial charge in [-0.3, -0.25) is 0 Å². The smallest absolute Gasteiger partial charge is 0.385 e. The number of sulfone groups is 1. The van der Waals surface area contributed by atoms with Gasteiger partial charge in [-0.25, -0.2) is 8.42 Å². The summed E-state index contributed by atoms with van der Waals surface area (Å²) in [5.74, 6) is 0.221. The van der Waals surface area contributed by atoms with Gasteiger partial charge in [0, 0.05) is 19.3 Å². The molecule has 0 spiro atoms. The molecule has 1 atom stereocenters. The third-order valence-electron chi connectivity index (χ3n) is 2.58. The van der Waals surface area contributed by atoms with Crippen LogP contribution in [0.2, 0.25) is 0 Å². The Kier molecular flexibility index (Phi) is 5.41. The molecule has 1 rings (SSSR count). The van der Waals surface area contributed by atoms with Gasteiger partial charge in [-0.05, 0) is 30.2 Å². The van der Waals surface area contributed by atoms with Gasteiger partial charge in [-0.15, -0.1) is 0 Å². The van der Waals surface area contributed by atoms with Gasteiger partial charge < -0.3 is 10.1 Å². The van der Waals surface area contributed by atoms with Crippen molar-refractivity contribution in [3.63, 3.8) is 0 Å². The highest BCUT2D eigenvalue weighted by Crippen LogP contribution is 2.30. The summed E-state index contributed by atoms with van der Waals surface area (Å²) in [5.41, 5.74) is -4.73. The molecule has 8 heteroatoms. The fourth-order valence-corrected chi connectivity index (χ4v) is 2.28. The highest BCUT2D eigenvalue weighted by atomic mass is 32.2. The lowest BCUT2D eigenvalue weighted by molar-refractivity contribution is -0.0436. The van der Waals surface area contributed by atoms with E-state index in [0.29, 0.717) is 18.8 Å². The van der Waals surface area contributed by atoms with E-state index in [0.717, 1.165) is 12.1 Å². The predicted molar refractivity (Wildman–Crippen MR) is 69.2 cm³/mol. The minimum Gasteiger partial charge on any atom is -0.385 e. The lowest BCUT2D eigenvalue weighted by Gasteiger charge is -2.13. The van der Waals surface area contributed by atoms with Crippen LogP contribution in [0.4, 0.5) is 18.9 Å². The number of benzene rings is 1. The van der Waals surface area contributed by atoms with E-state index in [1.807, 2.05) is 6.92 Å². The van der Waals surface area contributed by atoms with Crippen molar-refractivity contribution < 1.29 is 26.3 Å². The first kappa shape index (κ1) is 16.8. The van der Waals surface area contributed by atoms with Crippen LogP contribution in [0.25, 0.3) is 0 Å². The molecule has 0 aliphatic rings. The second-order valence-corrected chi connectivity index (χ2v) is 6.36. The van der Waals surface area contributed by atoms with Crippen LogP contribution >= 0.6 is 0 Å². The highest BCUT2D eigenvalue weighted by Gasteiger charge is 2.46. The van der Waals surface area contributed by atoms with Gasteiger partial charge in [0.15, 0.2) is 0 Å². The lowest BCUT2D eigenvalue weighted by Crippen LogP contribution is -2.23. The van der Waals surface area contributed by atoms with Crippen LogP contribution in [0.5, 0.6) is 0 Å². The van der Waals surface area contributed by atoms with E-state index >= 15 is 0 Å². The summed E-state index contributed by atoms with van der Waals surface area (Å²) in [6.07, 6.45) is 0. The first-order chi connectivity index (χ1) is 9.18. The average Bonchev–Trinajstić information content (AvgIpc) is 2.36. The maximum atomic E-state index is 12.3. The summed E-state index contributed by atoms with van der Waals surface area (Å²) < 4.78 is 64.3. The van der Waals surface area contributed by atoms with E-state index in [1.54, 1.807) is 7.11 Å². The summed E-state index contributed by atoms with van der Waals surface area (Å²) in [6, 6.07) is 4.48. The summed E-state index contributed by atoms with van der Waals surface area (Å²) in [7, 11) is -3.70. The summed E-state index contributed by atoms with van der Waals surface area (Å²) in [5, 5.41) is 2.99. The Bertz CT molecular complexity index is 526. The second kappa shape index (κ2) is 6.45. The maximum Gasteiger partial charge on any atom is 0.501 e. The van der Waals surface area contributed by atoms with E-state index in [9.17, 15) is 21.6 Å². The second-order valence-electron chi connectivity index (χ2n) is 4.41. The van der Waals surface area contributed by atoms with Crippen LogP contribution in [0, 0.1) is 5.92 Å². The Morgan fingerprint density at radius 1 is 1.25 bits per heavy atom. The van der Waals surface area contributed by atoms with Crippen molar-refractivity contribution in [1.82, 2.24) is 0 Å². The lowest BCUT2D eigenvalue weighted by atomic mass is 10.2. The third kappa shape index (κ3) is 4.11. The number of ether oxygens (including phenoxy) is 1. The number of anilines is 1. The molecule has 0 saturated heterocycles. The standard InChI is InChI=1S/C12H16F3NO3S/c1-9(8-19-2)7-16-10-3-5-11(6-4-10)20(17,18)12(13,14)15/h3-6,9,16H,7-8H2,1-2H3. The molecular formula is C12H16F3NO3S. The minimum atomic E-state index is -5.28. The van der Waals surface area contributed by atoms with Gasteiger partial charge in [0.1, 0.15) is 0 Å². The van der Waals surface area contributed by atoms with Gasteiger partial charge in [0.2, 0.25) is 0 Å². The molecule has 0 saturated carbocycles. The molecule has 20 heavy (non-hydrogen) atoms. The zero-order valence-electron chi connectivity index (χ0n) is 11.1. The van der Waals surface area contributed by atoms with E-state index < -0.39 is 20.2 Å². The molecule has 114 valence electrons. The van der Waals surface area contributed by atoms with Gasteiger partial charge in [-0.2, -0.15) is 13.2 Å². The Morgan fingerprint density at radius 2 is 1.80 bits per heavy atom. The zero-order chi connectivity index (χ0) is 15.4. The number of halogens is 3. The van der Waals surface area contributed by atoms with Gasteiger partial charge >= 0.3 is 5.51 Å². The molecule has 4 nitrogen and oxygen atoms in total. The van der Waals surface area contributed by atoms with E-state index in [-0.39, 0.29) is 5.92 Å². The first-order valence-corrected chi connectivity index (χ1v) is 7.31. The van der Waals surface area contributed by atoms with Crippen molar-refractivity contribution in [3.05, 3.63) is 24.3 Å². The SMILES string of the molecule is COCC(C)CNc1ccc(S(=O)(=O)C(F)(F)F)cc1. The van der Waals surface area contributed by atoms with Crippen LogP contribution in [0.3, 0.4) is 0 Å². The monoisotopic (exact) mass is 311 g/mol. The molecule has 0 bridgehead atoms. The molecule has 0 fully saturated rings.